The number of urea groups is 1. The number of hydrogen-bond donors (Lipinski definition) is 3. The molecule has 8 nitrogen and oxygen atoms in total. The van der Waals surface area contributed by atoms with Crippen LogP contribution in [-0.4, -0.2) is 40.7 Å². The highest BCUT2D eigenvalue weighted by Gasteiger charge is 2.52. The van der Waals surface area contributed by atoms with Crippen LogP contribution in [0.25, 0.3) is 11.1 Å². The molecular formula is C23H26N4O4S. The van der Waals surface area contributed by atoms with E-state index in [0.717, 1.165) is 28.2 Å². The fourth-order valence-electron chi connectivity index (χ4n) is 4.54. The Morgan fingerprint density at radius 3 is 2.50 bits per heavy atom. The molecule has 0 atom stereocenters. The van der Waals surface area contributed by atoms with Crippen LogP contribution in [0.1, 0.15) is 47.8 Å². The van der Waals surface area contributed by atoms with Crippen molar-refractivity contribution in [3.05, 3.63) is 40.8 Å². The highest BCUT2D eigenvalue weighted by atomic mass is 32.1. The van der Waals surface area contributed by atoms with Gasteiger partial charge in [0.15, 0.2) is 0 Å². The maximum Gasteiger partial charge on any atom is 0.325 e. The number of carbonyl (C=O) groups excluding carboxylic acids is 4. The van der Waals surface area contributed by atoms with E-state index in [-0.39, 0.29) is 11.5 Å². The zero-order chi connectivity index (χ0) is 23.0. The number of nitrogens with zero attached hydrogens (tertiary/aromatic N) is 1. The standard InChI is InChI=1S/C23H26N4O4S/c1-13-8-10-23(11-9-13)21(30)27(22(31)26-23)12-16(28)25-20-18(19(24)29)17(14(2)32-20)15-6-4-3-5-7-15/h3-7,13H,8-12H2,1-2H3,(H2,24,29)(H,25,28)(H,26,31). The zero-order valence-electron chi connectivity index (χ0n) is 18.1. The molecule has 32 heavy (non-hydrogen) atoms. The molecule has 1 aliphatic carbocycles. The molecule has 1 spiro atoms. The summed E-state index contributed by atoms with van der Waals surface area (Å²) in [4.78, 5) is 52.3. The predicted molar refractivity (Wildman–Crippen MR) is 122 cm³/mol. The number of benzene rings is 1. The maximum atomic E-state index is 13.0. The van der Waals surface area contributed by atoms with Crippen LogP contribution >= 0.6 is 11.3 Å². The Balaban J connectivity index is 1.53. The van der Waals surface area contributed by atoms with Crippen LogP contribution in [0.2, 0.25) is 0 Å². The van der Waals surface area contributed by atoms with Crippen molar-refractivity contribution in [2.45, 2.75) is 45.1 Å². The van der Waals surface area contributed by atoms with Crippen LogP contribution in [0, 0.1) is 12.8 Å². The van der Waals surface area contributed by atoms with Gasteiger partial charge in [-0.1, -0.05) is 37.3 Å². The van der Waals surface area contributed by atoms with Gasteiger partial charge in [-0.25, -0.2) is 4.79 Å². The lowest BCUT2D eigenvalue weighted by atomic mass is 9.77. The van der Waals surface area contributed by atoms with E-state index in [1.807, 2.05) is 37.3 Å². The summed E-state index contributed by atoms with van der Waals surface area (Å²) in [6.07, 6.45) is 2.86. The third kappa shape index (κ3) is 3.88. The molecule has 168 valence electrons. The third-order valence-electron chi connectivity index (χ3n) is 6.32. The van der Waals surface area contributed by atoms with Crippen molar-refractivity contribution in [1.82, 2.24) is 10.2 Å². The van der Waals surface area contributed by atoms with E-state index in [4.69, 9.17) is 5.73 Å². The second-order valence-corrected chi connectivity index (χ2v) is 9.83. The third-order valence-corrected chi connectivity index (χ3v) is 7.34. The molecule has 2 aromatic rings. The zero-order valence-corrected chi connectivity index (χ0v) is 18.9. The summed E-state index contributed by atoms with van der Waals surface area (Å²) >= 11 is 1.24. The smallest absolute Gasteiger partial charge is 0.325 e. The average Bonchev–Trinajstić information content (AvgIpc) is 3.19. The van der Waals surface area contributed by atoms with Crippen molar-refractivity contribution in [3.63, 3.8) is 0 Å². The van der Waals surface area contributed by atoms with E-state index < -0.39 is 29.9 Å². The Bertz CT molecular complexity index is 1090. The van der Waals surface area contributed by atoms with Gasteiger partial charge in [-0.2, -0.15) is 0 Å². The van der Waals surface area contributed by atoms with E-state index in [9.17, 15) is 19.2 Å². The lowest BCUT2D eigenvalue weighted by molar-refractivity contribution is -0.135. The Labute approximate surface area is 190 Å². The lowest BCUT2D eigenvalue weighted by Gasteiger charge is -2.33. The summed E-state index contributed by atoms with van der Waals surface area (Å²) in [6, 6.07) is 8.76. The molecule has 5 amide bonds. The minimum atomic E-state index is -0.901. The van der Waals surface area contributed by atoms with E-state index in [1.165, 1.54) is 11.3 Å². The molecule has 1 aliphatic heterocycles. The van der Waals surface area contributed by atoms with Gasteiger partial charge in [0.05, 0.1) is 5.56 Å². The maximum absolute atomic E-state index is 13.0. The molecule has 2 aliphatic rings. The quantitative estimate of drug-likeness (QED) is 0.600. The summed E-state index contributed by atoms with van der Waals surface area (Å²) in [7, 11) is 0. The molecule has 2 heterocycles. The van der Waals surface area contributed by atoms with Crippen LogP contribution in [0.3, 0.4) is 0 Å². The largest absolute Gasteiger partial charge is 0.365 e. The number of hydrogen-bond acceptors (Lipinski definition) is 5. The van der Waals surface area contributed by atoms with Crippen molar-refractivity contribution < 1.29 is 19.2 Å². The highest BCUT2D eigenvalue weighted by molar-refractivity contribution is 7.17. The summed E-state index contributed by atoms with van der Waals surface area (Å²) in [6.45, 7) is 3.56. The van der Waals surface area contributed by atoms with Gasteiger partial charge in [0.1, 0.15) is 17.1 Å². The highest BCUT2D eigenvalue weighted by Crippen LogP contribution is 2.40. The molecule has 1 aromatic carbocycles. The molecule has 1 saturated carbocycles. The Morgan fingerprint density at radius 1 is 1.22 bits per heavy atom. The van der Waals surface area contributed by atoms with Crippen molar-refractivity contribution in [3.8, 4) is 11.1 Å². The number of nitrogens with one attached hydrogen (secondary N) is 2. The first-order valence-corrected chi connectivity index (χ1v) is 11.5. The number of anilines is 1. The van der Waals surface area contributed by atoms with Gasteiger partial charge >= 0.3 is 6.03 Å². The molecule has 2 fully saturated rings. The molecule has 4 N–H and O–H groups in total. The second kappa shape index (κ2) is 8.38. The first-order chi connectivity index (χ1) is 15.2. The Morgan fingerprint density at radius 2 is 1.88 bits per heavy atom. The average molecular weight is 455 g/mol. The van der Waals surface area contributed by atoms with E-state index in [1.54, 1.807) is 0 Å². The Hall–Kier alpha value is -3.20. The van der Waals surface area contributed by atoms with Crippen LogP contribution < -0.4 is 16.4 Å². The SMILES string of the molecule is Cc1sc(NC(=O)CN2C(=O)NC3(CCC(C)CC3)C2=O)c(C(N)=O)c1-c1ccccc1. The van der Waals surface area contributed by atoms with Crippen molar-refractivity contribution in [2.24, 2.45) is 11.7 Å². The number of amides is 5. The van der Waals surface area contributed by atoms with Crippen LogP contribution in [0.5, 0.6) is 0 Å². The molecule has 0 radical (unpaired) electrons. The summed E-state index contributed by atoms with van der Waals surface area (Å²) in [5.74, 6) is -1.06. The van der Waals surface area contributed by atoms with Gasteiger partial charge in [0, 0.05) is 10.4 Å². The van der Waals surface area contributed by atoms with Gasteiger partial charge in [0.2, 0.25) is 5.91 Å². The first-order valence-electron chi connectivity index (χ1n) is 10.6. The first kappa shape index (κ1) is 22.0. The number of aryl methyl sites for hydroxylation is 1. The number of primary amides is 1. The van der Waals surface area contributed by atoms with Crippen LogP contribution in [0.15, 0.2) is 30.3 Å². The fraction of sp³-hybridized carbons (Fsp3) is 0.391. The van der Waals surface area contributed by atoms with Gasteiger partial charge in [-0.15, -0.1) is 11.3 Å². The molecule has 1 saturated heterocycles. The van der Waals surface area contributed by atoms with Crippen molar-refractivity contribution in [1.29, 1.82) is 0 Å². The fourth-order valence-corrected chi connectivity index (χ4v) is 5.64. The van der Waals surface area contributed by atoms with Crippen molar-refractivity contribution in [2.75, 3.05) is 11.9 Å². The molecule has 0 bridgehead atoms. The number of imide groups is 1. The normalized spacial score (nSPS) is 22.8. The van der Waals surface area contributed by atoms with Crippen LogP contribution in [0.4, 0.5) is 9.80 Å². The summed E-state index contributed by atoms with van der Waals surface area (Å²) in [5, 5.41) is 5.82. The topological polar surface area (TPSA) is 122 Å². The van der Waals surface area contributed by atoms with Gasteiger partial charge < -0.3 is 16.4 Å². The van der Waals surface area contributed by atoms with Crippen molar-refractivity contribution >= 4 is 40.1 Å². The summed E-state index contributed by atoms with van der Waals surface area (Å²) in [5.41, 5.74) is 6.45. The number of thiophene rings is 1. The molecular weight excluding hydrogens is 428 g/mol. The van der Waals surface area contributed by atoms with Crippen LogP contribution in [-0.2, 0) is 9.59 Å². The monoisotopic (exact) mass is 454 g/mol. The van der Waals surface area contributed by atoms with E-state index in [0.29, 0.717) is 29.3 Å². The number of carbonyl (C=O) groups is 4. The van der Waals surface area contributed by atoms with Gasteiger partial charge in [0.25, 0.3) is 11.8 Å². The summed E-state index contributed by atoms with van der Waals surface area (Å²) < 4.78 is 0. The molecule has 9 heteroatoms. The molecule has 0 unspecified atom stereocenters. The van der Waals surface area contributed by atoms with Gasteiger partial charge in [-0.05, 0) is 44.1 Å². The molecule has 1 aromatic heterocycles. The Kier molecular flexibility index (Phi) is 5.77. The van der Waals surface area contributed by atoms with Gasteiger partial charge in [-0.3, -0.25) is 19.3 Å². The second-order valence-electron chi connectivity index (χ2n) is 8.60. The minimum Gasteiger partial charge on any atom is -0.365 e. The predicted octanol–water partition coefficient (Wildman–Crippen LogP) is 3.26. The molecule has 4 rings (SSSR count). The minimum absolute atomic E-state index is 0.224. The number of nitrogens with two attached hydrogens (primary N) is 1. The lowest BCUT2D eigenvalue weighted by Crippen LogP contribution is -2.49. The van der Waals surface area contributed by atoms with E-state index in [2.05, 4.69) is 17.6 Å². The number of rotatable bonds is 5. The van der Waals surface area contributed by atoms with E-state index >= 15 is 0 Å².